The normalized spacial score (nSPS) is 15.6. The predicted octanol–water partition coefficient (Wildman–Crippen LogP) is 8.13. The van der Waals surface area contributed by atoms with Gasteiger partial charge in [-0.1, -0.05) is 133 Å². The number of hydrogen-bond acceptors (Lipinski definition) is 5. The zero-order valence-corrected chi connectivity index (χ0v) is 29.9. The highest BCUT2D eigenvalue weighted by Gasteiger charge is 2.47. The van der Waals surface area contributed by atoms with E-state index in [4.69, 9.17) is 13.6 Å². The van der Waals surface area contributed by atoms with Gasteiger partial charge < -0.3 is 23.8 Å². The highest BCUT2D eigenvalue weighted by atomic mass is 28.4. The Morgan fingerprint density at radius 2 is 0.953 bits per heavy atom. The van der Waals surface area contributed by atoms with Gasteiger partial charge in [0, 0.05) is 0 Å². The molecule has 0 spiro atoms. The van der Waals surface area contributed by atoms with Crippen LogP contribution in [0.5, 0.6) is 0 Å². The second kappa shape index (κ2) is 13.9. The lowest BCUT2D eigenvalue weighted by atomic mass is 9.80. The molecular formula is C36H54O5Si2. The first-order valence-corrected chi connectivity index (χ1v) is 21.2. The molecule has 3 aromatic carbocycles. The molecule has 0 aliphatic carbocycles. The number of aliphatic hydroxyl groups is 2. The van der Waals surface area contributed by atoms with E-state index in [0.717, 1.165) is 16.7 Å². The van der Waals surface area contributed by atoms with Gasteiger partial charge in [-0.05, 0) is 53.0 Å². The Morgan fingerprint density at radius 3 is 1.28 bits per heavy atom. The maximum atomic E-state index is 12.0. The van der Waals surface area contributed by atoms with Gasteiger partial charge in [-0.15, -0.1) is 0 Å². The average molecular weight is 623 g/mol. The Morgan fingerprint density at radius 1 is 0.605 bits per heavy atom. The molecule has 0 heterocycles. The van der Waals surface area contributed by atoms with Crippen LogP contribution in [-0.2, 0) is 19.2 Å². The van der Waals surface area contributed by atoms with Gasteiger partial charge in [0.1, 0.15) is 17.8 Å². The van der Waals surface area contributed by atoms with Crippen LogP contribution in [0.2, 0.25) is 36.3 Å². The molecule has 0 aliphatic heterocycles. The van der Waals surface area contributed by atoms with Crippen molar-refractivity contribution in [3.05, 3.63) is 108 Å². The van der Waals surface area contributed by atoms with E-state index >= 15 is 0 Å². The molecule has 2 N–H and O–H groups in total. The van der Waals surface area contributed by atoms with Crippen LogP contribution in [0.25, 0.3) is 0 Å². The Bertz CT molecular complexity index is 1150. The van der Waals surface area contributed by atoms with Gasteiger partial charge in [0.2, 0.25) is 0 Å². The smallest absolute Gasteiger partial charge is 0.192 e. The summed E-state index contributed by atoms with van der Waals surface area (Å²) in [4.78, 5) is 0. The summed E-state index contributed by atoms with van der Waals surface area (Å²) in [7, 11) is -4.70. The first kappa shape index (κ1) is 35.4. The maximum absolute atomic E-state index is 12.0. The molecule has 0 amide bonds. The van der Waals surface area contributed by atoms with Crippen molar-refractivity contribution in [1.82, 2.24) is 0 Å². The molecule has 0 aromatic heterocycles. The van der Waals surface area contributed by atoms with Gasteiger partial charge in [-0.3, -0.25) is 0 Å². The van der Waals surface area contributed by atoms with E-state index in [2.05, 4.69) is 104 Å². The monoisotopic (exact) mass is 622 g/mol. The second-order valence-electron chi connectivity index (χ2n) is 14.6. The third-order valence-corrected chi connectivity index (χ3v) is 18.4. The fourth-order valence-electron chi connectivity index (χ4n) is 4.76. The fraction of sp³-hybridized carbons (Fsp3) is 0.500. The van der Waals surface area contributed by atoms with E-state index in [1.807, 2.05) is 54.6 Å². The zero-order valence-electron chi connectivity index (χ0n) is 27.9. The molecule has 0 unspecified atom stereocenters. The first-order valence-electron chi connectivity index (χ1n) is 15.4. The molecule has 3 rings (SSSR count). The molecule has 3 atom stereocenters. The van der Waals surface area contributed by atoms with E-state index in [1.165, 1.54) is 0 Å². The molecule has 0 saturated heterocycles. The number of aliphatic hydroxyl groups excluding tert-OH is 2. The minimum atomic E-state index is -2.39. The van der Waals surface area contributed by atoms with E-state index in [0.29, 0.717) is 0 Å². The quantitative estimate of drug-likeness (QED) is 0.149. The molecular weight excluding hydrogens is 569 g/mol. The second-order valence-corrected chi connectivity index (χ2v) is 24.1. The van der Waals surface area contributed by atoms with E-state index in [1.54, 1.807) is 0 Å². The van der Waals surface area contributed by atoms with Crippen molar-refractivity contribution in [2.24, 2.45) is 0 Å². The lowest BCUT2D eigenvalue weighted by Crippen LogP contribution is -2.57. The van der Waals surface area contributed by atoms with Crippen molar-refractivity contribution in [3.8, 4) is 0 Å². The van der Waals surface area contributed by atoms with Crippen LogP contribution in [0.3, 0.4) is 0 Å². The molecule has 5 nitrogen and oxygen atoms in total. The van der Waals surface area contributed by atoms with Crippen molar-refractivity contribution in [2.75, 3.05) is 13.2 Å². The van der Waals surface area contributed by atoms with Gasteiger partial charge in [0.25, 0.3) is 0 Å². The lowest BCUT2D eigenvalue weighted by molar-refractivity contribution is -0.109. The highest BCUT2D eigenvalue weighted by Crippen LogP contribution is 2.43. The van der Waals surface area contributed by atoms with Crippen molar-refractivity contribution in [3.63, 3.8) is 0 Å². The fourth-order valence-corrected chi connectivity index (χ4v) is 7.42. The Kier molecular flexibility index (Phi) is 11.4. The number of benzene rings is 3. The summed E-state index contributed by atoms with van der Waals surface area (Å²) in [6.07, 6.45) is -2.54. The number of rotatable bonds is 13. The predicted molar refractivity (Wildman–Crippen MR) is 182 cm³/mol. The summed E-state index contributed by atoms with van der Waals surface area (Å²) >= 11 is 0. The molecule has 7 heteroatoms. The summed E-state index contributed by atoms with van der Waals surface area (Å²) < 4.78 is 20.6. The summed E-state index contributed by atoms with van der Waals surface area (Å²) in [6.45, 7) is 21.4. The van der Waals surface area contributed by atoms with Crippen LogP contribution in [-0.4, -0.2) is 58.4 Å². The SMILES string of the molecule is CC(C)(C)[Si](C)(C)O[C@H]([C@@H](O)COC(c1ccccc1)(c1ccccc1)c1ccccc1)[C@@H](CO)O[Si](C)(C)C(C)(C)C. The standard InChI is InChI=1S/C36H54O5Si2/c1-34(2,3)42(7,8)40-32(26-37)33(41-43(9,10)35(4,5)6)31(38)27-39-36(28-20-14-11-15-21-28,29-22-16-12-17-23-29)30-24-18-13-19-25-30/h11-25,31-33,37-38H,26-27H2,1-10H3/t31-,32+,33+/m0/s1. The molecule has 0 bridgehead atoms. The van der Waals surface area contributed by atoms with Gasteiger partial charge >= 0.3 is 0 Å². The lowest BCUT2D eigenvalue weighted by Gasteiger charge is -2.46. The summed E-state index contributed by atoms with van der Waals surface area (Å²) in [5.74, 6) is 0. The van der Waals surface area contributed by atoms with Crippen LogP contribution in [0.1, 0.15) is 58.2 Å². The zero-order chi connectivity index (χ0) is 32.1. The molecule has 0 radical (unpaired) electrons. The van der Waals surface area contributed by atoms with E-state index in [-0.39, 0.29) is 23.3 Å². The van der Waals surface area contributed by atoms with Crippen LogP contribution >= 0.6 is 0 Å². The largest absolute Gasteiger partial charge is 0.409 e. The molecule has 43 heavy (non-hydrogen) atoms. The van der Waals surface area contributed by atoms with Crippen LogP contribution in [0, 0.1) is 0 Å². The molecule has 0 aliphatic rings. The van der Waals surface area contributed by atoms with Gasteiger partial charge in [-0.25, -0.2) is 0 Å². The van der Waals surface area contributed by atoms with Crippen molar-refractivity contribution >= 4 is 16.6 Å². The van der Waals surface area contributed by atoms with Crippen LogP contribution < -0.4 is 0 Å². The van der Waals surface area contributed by atoms with Gasteiger partial charge in [0.15, 0.2) is 16.6 Å². The number of hydrogen-bond donors (Lipinski definition) is 2. The molecule has 0 saturated carbocycles. The first-order chi connectivity index (χ1) is 20.0. The van der Waals surface area contributed by atoms with E-state index in [9.17, 15) is 10.2 Å². The van der Waals surface area contributed by atoms with Crippen molar-refractivity contribution in [2.45, 2.75) is 102 Å². The Hall–Kier alpha value is -2.11. The maximum Gasteiger partial charge on any atom is 0.192 e. The Labute approximate surface area is 262 Å². The highest BCUT2D eigenvalue weighted by molar-refractivity contribution is 6.74. The molecule has 3 aromatic rings. The Balaban J connectivity index is 2.10. The van der Waals surface area contributed by atoms with Gasteiger partial charge in [0.05, 0.1) is 19.3 Å². The summed E-state index contributed by atoms with van der Waals surface area (Å²) in [6, 6.07) is 30.4. The van der Waals surface area contributed by atoms with Crippen LogP contribution in [0.15, 0.2) is 91.0 Å². The minimum absolute atomic E-state index is 0.0324. The van der Waals surface area contributed by atoms with Crippen molar-refractivity contribution < 1.29 is 23.8 Å². The van der Waals surface area contributed by atoms with Crippen LogP contribution in [0.4, 0.5) is 0 Å². The number of ether oxygens (including phenoxy) is 1. The topological polar surface area (TPSA) is 68.2 Å². The minimum Gasteiger partial charge on any atom is -0.409 e. The third-order valence-electron chi connectivity index (χ3n) is 9.43. The van der Waals surface area contributed by atoms with E-state index < -0.39 is 40.5 Å². The molecule has 0 fully saturated rings. The third kappa shape index (κ3) is 8.14. The van der Waals surface area contributed by atoms with Crippen molar-refractivity contribution in [1.29, 1.82) is 0 Å². The van der Waals surface area contributed by atoms with Gasteiger partial charge in [-0.2, -0.15) is 0 Å². The summed E-state index contributed by atoms with van der Waals surface area (Å²) in [5.41, 5.74) is 1.88. The summed E-state index contributed by atoms with van der Waals surface area (Å²) in [5, 5.41) is 22.6. The average Bonchev–Trinajstić information content (AvgIpc) is 2.95. The molecule has 236 valence electrons.